The number of imide groups is 1. The van der Waals surface area contributed by atoms with E-state index in [1.165, 1.54) is 4.90 Å². The Morgan fingerprint density at radius 1 is 1.19 bits per heavy atom. The maximum Gasteiger partial charge on any atom is 0.324 e. The molecule has 6 nitrogen and oxygen atoms in total. The molecule has 0 unspecified atom stereocenters. The van der Waals surface area contributed by atoms with Gasteiger partial charge in [-0.15, -0.1) is 0 Å². The number of amides is 3. The Hall–Kier alpha value is -2.63. The third kappa shape index (κ3) is 2.94. The number of carbonyl (C=O) groups is 2. The fourth-order valence-corrected chi connectivity index (χ4v) is 2.43. The van der Waals surface area contributed by atoms with Crippen molar-refractivity contribution in [2.75, 3.05) is 6.54 Å². The normalized spacial score (nSPS) is 18.1. The van der Waals surface area contributed by atoms with E-state index in [9.17, 15) is 9.59 Å². The molecule has 1 saturated heterocycles. The van der Waals surface area contributed by atoms with Crippen molar-refractivity contribution in [3.05, 3.63) is 54.1 Å². The van der Waals surface area contributed by atoms with E-state index in [1.54, 1.807) is 12.5 Å². The number of aromatic amines is 1. The minimum atomic E-state index is -0.506. The summed E-state index contributed by atoms with van der Waals surface area (Å²) in [7, 11) is 0. The average molecular weight is 284 g/mol. The summed E-state index contributed by atoms with van der Waals surface area (Å²) in [4.78, 5) is 32.3. The van der Waals surface area contributed by atoms with Crippen molar-refractivity contribution >= 4 is 11.9 Å². The van der Waals surface area contributed by atoms with Gasteiger partial charge in [-0.05, 0) is 12.0 Å². The number of benzene rings is 1. The molecule has 0 radical (unpaired) electrons. The van der Waals surface area contributed by atoms with E-state index >= 15 is 0 Å². The standard InChI is InChI=1S/C15H16N4O2/c20-14-13(8-12-9-16-10-17-12)18-15(21)19(14)7-6-11-4-2-1-3-5-11/h1-5,9-10,13H,6-8H2,(H,16,17)(H,18,21)/t13-/m0/s1. The highest BCUT2D eigenvalue weighted by Crippen LogP contribution is 2.12. The molecule has 3 amide bonds. The zero-order valence-electron chi connectivity index (χ0n) is 11.5. The summed E-state index contributed by atoms with van der Waals surface area (Å²) < 4.78 is 0. The lowest BCUT2D eigenvalue weighted by Gasteiger charge is -2.12. The number of rotatable bonds is 5. The van der Waals surface area contributed by atoms with Crippen LogP contribution in [0.1, 0.15) is 11.3 Å². The van der Waals surface area contributed by atoms with Gasteiger partial charge < -0.3 is 10.3 Å². The number of carbonyl (C=O) groups excluding carboxylic acids is 2. The Morgan fingerprint density at radius 2 is 2.00 bits per heavy atom. The van der Waals surface area contributed by atoms with Crippen LogP contribution in [0.3, 0.4) is 0 Å². The van der Waals surface area contributed by atoms with Crippen LogP contribution in [-0.4, -0.2) is 39.4 Å². The quantitative estimate of drug-likeness (QED) is 0.807. The minimum Gasteiger partial charge on any atom is -0.348 e. The second-order valence-corrected chi connectivity index (χ2v) is 5.01. The van der Waals surface area contributed by atoms with E-state index in [4.69, 9.17) is 0 Å². The summed E-state index contributed by atoms with van der Waals surface area (Å²) in [6.45, 7) is 0.397. The molecule has 0 saturated carbocycles. The van der Waals surface area contributed by atoms with Crippen LogP contribution in [-0.2, 0) is 17.6 Å². The van der Waals surface area contributed by atoms with Gasteiger partial charge in [0.15, 0.2) is 0 Å². The molecule has 0 aliphatic carbocycles. The summed E-state index contributed by atoms with van der Waals surface area (Å²) >= 11 is 0. The molecule has 1 aliphatic heterocycles. The summed E-state index contributed by atoms with van der Waals surface area (Å²) in [5.74, 6) is -0.175. The first-order valence-electron chi connectivity index (χ1n) is 6.87. The Morgan fingerprint density at radius 3 is 2.71 bits per heavy atom. The van der Waals surface area contributed by atoms with E-state index in [2.05, 4.69) is 15.3 Å². The number of nitrogens with one attached hydrogen (secondary N) is 2. The molecule has 1 fully saturated rings. The Bertz CT molecular complexity index is 624. The number of H-pyrrole nitrogens is 1. The second kappa shape index (κ2) is 5.78. The number of hydrogen-bond donors (Lipinski definition) is 2. The second-order valence-electron chi connectivity index (χ2n) is 5.01. The molecule has 2 heterocycles. The number of urea groups is 1. The van der Waals surface area contributed by atoms with Crippen LogP contribution in [0.15, 0.2) is 42.9 Å². The van der Waals surface area contributed by atoms with E-state index in [0.29, 0.717) is 19.4 Å². The molecule has 108 valence electrons. The summed E-state index contributed by atoms with van der Waals surface area (Å²) in [6, 6.07) is 8.98. The number of aromatic nitrogens is 2. The van der Waals surface area contributed by atoms with Gasteiger partial charge in [-0.25, -0.2) is 9.78 Å². The average Bonchev–Trinajstić information content (AvgIpc) is 3.09. The molecule has 0 spiro atoms. The van der Waals surface area contributed by atoms with Crippen LogP contribution in [0.4, 0.5) is 4.79 Å². The van der Waals surface area contributed by atoms with Crippen LogP contribution in [0.2, 0.25) is 0 Å². The van der Waals surface area contributed by atoms with Crippen molar-refractivity contribution < 1.29 is 9.59 Å². The monoisotopic (exact) mass is 284 g/mol. The smallest absolute Gasteiger partial charge is 0.324 e. The first kappa shape index (κ1) is 13.4. The van der Waals surface area contributed by atoms with Crippen LogP contribution >= 0.6 is 0 Å². The maximum atomic E-state index is 12.3. The van der Waals surface area contributed by atoms with Crippen LogP contribution in [0.25, 0.3) is 0 Å². The lowest BCUT2D eigenvalue weighted by Crippen LogP contribution is -2.34. The highest BCUT2D eigenvalue weighted by Gasteiger charge is 2.37. The number of hydrogen-bond acceptors (Lipinski definition) is 3. The van der Waals surface area contributed by atoms with Gasteiger partial charge in [-0.3, -0.25) is 9.69 Å². The van der Waals surface area contributed by atoms with E-state index < -0.39 is 6.04 Å². The van der Waals surface area contributed by atoms with Gasteiger partial charge in [-0.1, -0.05) is 30.3 Å². The molecular weight excluding hydrogens is 268 g/mol. The van der Waals surface area contributed by atoms with Gasteiger partial charge >= 0.3 is 6.03 Å². The lowest BCUT2D eigenvalue weighted by molar-refractivity contribution is -0.127. The van der Waals surface area contributed by atoms with Gasteiger partial charge in [0, 0.05) is 24.9 Å². The predicted octanol–water partition coefficient (Wildman–Crippen LogP) is 1.12. The van der Waals surface area contributed by atoms with Gasteiger partial charge in [-0.2, -0.15) is 0 Å². The molecule has 0 bridgehead atoms. The molecular formula is C15H16N4O2. The van der Waals surface area contributed by atoms with Crippen molar-refractivity contribution in [2.24, 2.45) is 0 Å². The van der Waals surface area contributed by atoms with Gasteiger partial charge in [0.2, 0.25) is 0 Å². The maximum absolute atomic E-state index is 12.3. The Balaban J connectivity index is 1.61. The molecule has 1 aromatic heterocycles. The zero-order chi connectivity index (χ0) is 14.7. The molecule has 1 atom stereocenters. The largest absolute Gasteiger partial charge is 0.348 e. The molecule has 6 heteroatoms. The van der Waals surface area contributed by atoms with Crippen LogP contribution in [0.5, 0.6) is 0 Å². The van der Waals surface area contributed by atoms with Crippen molar-refractivity contribution in [2.45, 2.75) is 18.9 Å². The summed E-state index contributed by atoms with van der Waals surface area (Å²) in [5.41, 5.74) is 1.94. The van der Waals surface area contributed by atoms with E-state index in [0.717, 1.165) is 11.3 Å². The van der Waals surface area contributed by atoms with Gasteiger partial charge in [0.1, 0.15) is 6.04 Å². The minimum absolute atomic E-state index is 0.175. The molecule has 2 aromatic rings. The summed E-state index contributed by atoms with van der Waals surface area (Å²) in [6.07, 6.45) is 4.32. The highest BCUT2D eigenvalue weighted by atomic mass is 16.2. The number of imidazole rings is 1. The summed E-state index contributed by atoms with van der Waals surface area (Å²) in [5, 5.41) is 2.72. The van der Waals surface area contributed by atoms with Crippen molar-refractivity contribution in [1.82, 2.24) is 20.2 Å². The van der Waals surface area contributed by atoms with Crippen LogP contribution in [0, 0.1) is 0 Å². The Kier molecular flexibility index (Phi) is 3.68. The van der Waals surface area contributed by atoms with E-state index in [1.807, 2.05) is 30.3 Å². The first-order valence-corrected chi connectivity index (χ1v) is 6.87. The molecule has 1 aliphatic rings. The van der Waals surface area contributed by atoms with E-state index in [-0.39, 0.29) is 11.9 Å². The lowest BCUT2D eigenvalue weighted by atomic mass is 10.1. The van der Waals surface area contributed by atoms with Crippen molar-refractivity contribution in [1.29, 1.82) is 0 Å². The molecule has 1 aromatic carbocycles. The Labute approximate surface area is 122 Å². The fourth-order valence-electron chi connectivity index (χ4n) is 2.43. The third-order valence-corrected chi connectivity index (χ3v) is 3.55. The molecule has 3 rings (SSSR count). The van der Waals surface area contributed by atoms with Gasteiger partial charge in [0.25, 0.3) is 5.91 Å². The molecule has 21 heavy (non-hydrogen) atoms. The fraction of sp³-hybridized carbons (Fsp3) is 0.267. The first-order chi connectivity index (χ1) is 10.2. The third-order valence-electron chi connectivity index (χ3n) is 3.55. The topological polar surface area (TPSA) is 78.1 Å². The SMILES string of the molecule is O=C1N[C@@H](Cc2cnc[nH]2)C(=O)N1CCc1ccccc1. The van der Waals surface area contributed by atoms with Crippen molar-refractivity contribution in [3.63, 3.8) is 0 Å². The highest BCUT2D eigenvalue weighted by molar-refractivity contribution is 6.04. The zero-order valence-corrected chi connectivity index (χ0v) is 11.5. The predicted molar refractivity (Wildman–Crippen MR) is 76.5 cm³/mol. The molecule has 2 N–H and O–H groups in total. The van der Waals surface area contributed by atoms with Gasteiger partial charge in [0.05, 0.1) is 6.33 Å². The number of nitrogens with zero attached hydrogens (tertiary/aromatic N) is 2. The van der Waals surface area contributed by atoms with Crippen molar-refractivity contribution in [3.8, 4) is 0 Å². The van der Waals surface area contributed by atoms with Crippen LogP contribution < -0.4 is 5.32 Å².